The first-order chi connectivity index (χ1) is 15.3. The monoisotopic (exact) mass is 478 g/mol. The number of amides is 2. The summed E-state index contributed by atoms with van der Waals surface area (Å²) < 4.78 is 1.71. The summed E-state index contributed by atoms with van der Waals surface area (Å²) in [4.78, 5) is 40.8. The second-order valence-electron chi connectivity index (χ2n) is 7.70. The number of carbonyl (C=O) groups is 3. The number of phenols is 1. The molecule has 0 bridgehead atoms. The Labute approximate surface area is 191 Å². The molecule has 13 heteroatoms. The Morgan fingerprint density at radius 3 is 2.69 bits per heavy atom. The van der Waals surface area contributed by atoms with Gasteiger partial charge in [0, 0.05) is 30.8 Å². The van der Waals surface area contributed by atoms with E-state index < -0.39 is 23.3 Å². The standard InChI is InChI=1S/C19H22N6O5S2/c1-23-10-21-22-18(23)32-9-19(17(29)30)7-24-15(28)14(16(24)31-8-19)25(13(27)6-20)11-2-4-12(26)5-3-11/h2-5,10,14,16,26H,6-9,20H2,1H3,(H,29,30)/t14?,16-,19?/m1/s1. The van der Waals surface area contributed by atoms with Crippen molar-refractivity contribution in [2.45, 2.75) is 16.6 Å². The minimum atomic E-state index is -1.15. The van der Waals surface area contributed by atoms with E-state index in [1.807, 2.05) is 0 Å². The smallest absolute Gasteiger partial charge is 0.313 e. The maximum absolute atomic E-state index is 13.1. The molecule has 2 aromatic rings. The van der Waals surface area contributed by atoms with Crippen LogP contribution in [0.3, 0.4) is 0 Å². The number of anilines is 1. The highest BCUT2D eigenvalue weighted by Crippen LogP contribution is 2.46. The van der Waals surface area contributed by atoms with E-state index in [4.69, 9.17) is 5.73 Å². The van der Waals surface area contributed by atoms with Crippen molar-refractivity contribution >= 4 is 47.0 Å². The zero-order valence-corrected chi connectivity index (χ0v) is 18.8. The van der Waals surface area contributed by atoms with Gasteiger partial charge in [-0.1, -0.05) is 11.8 Å². The van der Waals surface area contributed by atoms with Crippen LogP contribution >= 0.6 is 23.5 Å². The highest BCUT2D eigenvalue weighted by molar-refractivity contribution is 8.00. The van der Waals surface area contributed by atoms with E-state index in [-0.39, 0.29) is 41.6 Å². The molecule has 4 rings (SSSR count). The van der Waals surface area contributed by atoms with Crippen LogP contribution in [-0.2, 0) is 21.4 Å². The lowest BCUT2D eigenvalue weighted by Crippen LogP contribution is -2.75. The predicted octanol–water partition coefficient (Wildman–Crippen LogP) is -0.0406. The fourth-order valence-electron chi connectivity index (χ4n) is 3.76. The number of rotatable bonds is 7. The van der Waals surface area contributed by atoms with E-state index in [1.54, 1.807) is 23.7 Å². The molecule has 2 amide bonds. The first-order valence-electron chi connectivity index (χ1n) is 9.71. The molecule has 170 valence electrons. The molecule has 2 saturated heterocycles. The van der Waals surface area contributed by atoms with Crippen LogP contribution in [-0.4, -0.2) is 83.7 Å². The quantitative estimate of drug-likeness (QED) is 0.365. The molecule has 3 heterocycles. The molecule has 0 aliphatic carbocycles. The van der Waals surface area contributed by atoms with Gasteiger partial charge in [0.15, 0.2) is 5.16 Å². The lowest BCUT2D eigenvalue weighted by atomic mass is 9.89. The van der Waals surface area contributed by atoms with E-state index in [9.17, 15) is 24.6 Å². The van der Waals surface area contributed by atoms with Crippen LogP contribution in [0.4, 0.5) is 5.69 Å². The van der Waals surface area contributed by atoms with E-state index in [2.05, 4.69) is 10.2 Å². The Kier molecular flexibility index (Phi) is 6.05. The van der Waals surface area contributed by atoms with Crippen LogP contribution in [0.25, 0.3) is 0 Å². The summed E-state index contributed by atoms with van der Waals surface area (Å²) in [5.74, 6) is -1.20. The number of benzene rings is 1. The molecule has 2 unspecified atom stereocenters. The number of aryl methyl sites for hydroxylation is 1. The van der Waals surface area contributed by atoms with Crippen LogP contribution < -0.4 is 10.6 Å². The van der Waals surface area contributed by atoms with Crippen molar-refractivity contribution in [1.29, 1.82) is 0 Å². The maximum atomic E-state index is 13.1. The summed E-state index contributed by atoms with van der Waals surface area (Å²) in [6, 6.07) is 5.18. The van der Waals surface area contributed by atoms with Gasteiger partial charge in [-0.25, -0.2) is 0 Å². The highest BCUT2D eigenvalue weighted by atomic mass is 32.2. The van der Waals surface area contributed by atoms with Gasteiger partial charge in [-0.15, -0.1) is 22.0 Å². The Morgan fingerprint density at radius 1 is 1.38 bits per heavy atom. The van der Waals surface area contributed by atoms with E-state index in [0.29, 0.717) is 10.8 Å². The number of hydrogen-bond acceptors (Lipinski definition) is 9. The van der Waals surface area contributed by atoms with Crippen molar-refractivity contribution in [2.24, 2.45) is 18.2 Å². The van der Waals surface area contributed by atoms with Gasteiger partial charge in [-0.2, -0.15) is 0 Å². The number of aromatic hydroxyl groups is 1. The molecule has 1 aromatic heterocycles. The average molecular weight is 479 g/mol. The molecule has 0 spiro atoms. The van der Waals surface area contributed by atoms with Gasteiger partial charge < -0.3 is 25.4 Å². The number of aliphatic carboxylic acids is 1. The first-order valence-corrected chi connectivity index (χ1v) is 11.7. The normalized spacial score (nSPS) is 24.6. The maximum Gasteiger partial charge on any atom is 0.313 e. The fourth-order valence-corrected chi connectivity index (χ4v) is 6.56. The van der Waals surface area contributed by atoms with Crippen LogP contribution in [0.5, 0.6) is 5.75 Å². The number of carboxylic acid groups (broad SMARTS) is 1. The second-order valence-corrected chi connectivity index (χ2v) is 9.74. The number of fused-ring (bicyclic) bond motifs is 1. The average Bonchev–Trinajstić information content (AvgIpc) is 3.20. The second kappa shape index (κ2) is 8.64. The Balaban J connectivity index is 1.54. The van der Waals surface area contributed by atoms with Gasteiger partial charge >= 0.3 is 5.97 Å². The molecular weight excluding hydrogens is 456 g/mol. The number of nitrogens with zero attached hydrogens (tertiary/aromatic N) is 5. The first kappa shape index (κ1) is 22.4. The Hall–Kier alpha value is -2.77. The summed E-state index contributed by atoms with van der Waals surface area (Å²) in [5.41, 5.74) is 4.88. The Bertz CT molecular complexity index is 1050. The minimum Gasteiger partial charge on any atom is -0.508 e. The predicted molar refractivity (Wildman–Crippen MR) is 118 cm³/mol. The lowest BCUT2D eigenvalue weighted by Gasteiger charge is -2.56. The molecule has 2 aliphatic rings. The van der Waals surface area contributed by atoms with Gasteiger partial charge in [-0.05, 0) is 24.3 Å². The van der Waals surface area contributed by atoms with Crippen molar-refractivity contribution < 1.29 is 24.6 Å². The number of carboxylic acids is 1. The van der Waals surface area contributed by atoms with Crippen LogP contribution in [0.1, 0.15) is 0 Å². The van der Waals surface area contributed by atoms with Crippen molar-refractivity contribution in [3.63, 3.8) is 0 Å². The molecular formula is C19H22N6O5S2. The van der Waals surface area contributed by atoms with Crippen molar-refractivity contribution in [1.82, 2.24) is 19.7 Å². The molecule has 4 N–H and O–H groups in total. The fraction of sp³-hybridized carbons (Fsp3) is 0.421. The molecule has 2 aliphatic heterocycles. The summed E-state index contributed by atoms with van der Waals surface area (Å²) in [6.07, 6.45) is 1.54. The minimum absolute atomic E-state index is 0.0363. The summed E-state index contributed by atoms with van der Waals surface area (Å²) >= 11 is 2.62. The number of hydrogen-bond donors (Lipinski definition) is 3. The number of carbonyl (C=O) groups excluding carboxylic acids is 2. The van der Waals surface area contributed by atoms with Crippen LogP contribution in [0, 0.1) is 5.41 Å². The van der Waals surface area contributed by atoms with Crippen LogP contribution in [0.15, 0.2) is 35.7 Å². The molecule has 1 aromatic carbocycles. The third-order valence-electron chi connectivity index (χ3n) is 5.57. The van der Waals surface area contributed by atoms with Gasteiger partial charge in [0.05, 0.1) is 6.54 Å². The van der Waals surface area contributed by atoms with E-state index in [1.165, 1.54) is 51.8 Å². The van der Waals surface area contributed by atoms with E-state index >= 15 is 0 Å². The number of nitrogens with two attached hydrogens (primary N) is 1. The number of aromatic nitrogens is 3. The summed E-state index contributed by atoms with van der Waals surface area (Å²) in [6.45, 7) is -0.240. The van der Waals surface area contributed by atoms with Gasteiger partial charge in [0.25, 0.3) is 0 Å². The number of β-lactam (4-membered cyclic amide) rings is 1. The molecule has 3 atom stereocenters. The third kappa shape index (κ3) is 3.80. The van der Waals surface area contributed by atoms with Crippen LogP contribution in [0.2, 0.25) is 0 Å². The largest absolute Gasteiger partial charge is 0.508 e. The number of phenolic OH excluding ortho intramolecular Hbond substituents is 1. The van der Waals surface area contributed by atoms with Crippen molar-refractivity contribution in [3.8, 4) is 5.75 Å². The molecule has 11 nitrogen and oxygen atoms in total. The summed E-state index contributed by atoms with van der Waals surface area (Å²) in [7, 11) is 1.78. The van der Waals surface area contributed by atoms with E-state index in [0.717, 1.165) is 0 Å². The zero-order chi connectivity index (χ0) is 23.0. The Morgan fingerprint density at radius 2 is 2.09 bits per heavy atom. The van der Waals surface area contributed by atoms with Gasteiger partial charge in [0.1, 0.15) is 28.9 Å². The topological polar surface area (TPSA) is 155 Å². The molecule has 32 heavy (non-hydrogen) atoms. The van der Waals surface area contributed by atoms with Gasteiger partial charge in [-0.3, -0.25) is 19.3 Å². The highest BCUT2D eigenvalue weighted by Gasteiger charge is 2.59. The van der Waals surface area contributed by atoms with Crippen molar-refractivity contribution in [3.05, 3.63) is 30.6 Å². The van der Waals surface area contributed by atoms with Gasteiger partial charge in [0.2, 0.25) is 11.8 Å². The number of thioether (sulfide) groups is 2. The molecule has 0 saturated carbocycles. The SMILES string of the molecule is Cn1cnnc1SCC1(C(=O)O)CS[C@@H]2C(N(C(=O)CN)c3ccc(O)cc3)C(=O)N2C1. The van der Waals surface area contributed by atoms with Crippen molar-refractivity contribution in [2.75, 3.05) is 29.5 Å². The molecule has 0 radical (unpaired) electrons. The lowest BCUT2D eigenvalue weighted by molar-refractivity contribution is -0.156. The third-order valence-corrected chi connectivity index (χ3v) is 8.47. The molecule has 2 fully saturated rings. The zero-order valence-electron chi connectivity index (χ0n) is 17.1. The summed E-state index contributed by atoms with van der Waals surface area (Å²) in [5, 5.41) is 27.6.